The van der Waals surface area contributed by atoms with Crippen LogP contribution < -0.4 is 19.9 Å². The molecule has 2 aliphatic heterocycles. The Labute approximate surface area is 174 Å². The quantitative estimate of drug-likeness (QED) is 0.611. The van der Waals surface area contributed by atoms with Crippen LogP contribution in [-0.2, 0) is 16.0 Å². The van der Waals surface area contributed by atoms with Gasteiger partial charge in [-0.3, -0.25) is 14.9 Å². The van der Waals surface area contributed by atoms with Gasteiger partial charge in [-0.25, -0.2) is 9.69 Å². The maximum absolute atomic E-state index is 13.2. The third kappa shape index (κ3) is 3.43. The number of hydrogen-bond donors (Lipinski definition) is 1. The Kier molecular flexibility index (Phi) is 5.27. The van der Waals surface area contributed by atoms with Crippen molar-refractivity contribution >= 4 is 35.3 Å². The smallest absolute Gasteiger partial charge is 0.336 e. The molecule has 4 amide bonds. The summed E-state index contributed by atoms with van der Waals surface area (Å²) >= 11 is 0. The molecule has 0 aliphatic carbocycles. The van der Waals surface area contributed by atoms with Crippen molar-refractivity contribution in [2.45, 2.75) is 20.3 Å². The Hall–Kier alpha value is -3.61. The molecule has 0 spiro atoms. The standard InChI is InChI=1S/C23H23N3O4/c1-3-25-12-11-16-13-15(9-10-18(16)25)14-17-21(27)24-23(29)26(22(17)28)19-7-5-6-8-20(19)30-4-2/h5-10,13-14H,3-4,11-12H2,1-2H3,(H,24,27,29)/b17-14+. The van der Waals surface area contributed by atoms with Crippen LogP contribution in [0.5, 0.6) is 5.75 Å². The number of hydrogen-bond acceptors (Lipinski definition) is 5. The summed E-state index contributed by atoms with van der Waals surface area (Å²) in [4.78, 5) is 41.3. The van der Waals surface area contributed by atoms with Gasteiger partial charge < -0.3 is 9.64 Å². The maximum Gasteiger partial charge on any atom is 0.336 e. The summed E-state index contributed by atoms with van der Waals surface area (Å²) < 4.78 is 5.56. The van der Waals surface area contributed by atoms with Crippen LogP contribution in [0.15, 0.2) is 48.0 Å². The molecule has 2 aromatic rings. The number of benzene rings is 2. The Morgan fingerprint density at radius 2 is 1.87 bits per heavy atom. The SMILES string of the molecule is CCOc1ccccc1N1C(=O)NC(=O)/C(=C\c2ccc3c(c2)CCN3CC)C1=O. The van der Waals surface area contributed by atoms with Crippen molar-refractivity contribution in [3.8, 4) is 5.75 Å². The minimum Gasteiger partial charge on any atom is -0.492 e. The van der Waals surface area contributed by atoms with Crippen molar-refractivity contribution in [3.63, 3.8) is 0 Å². The van der Waals surface area contributed by atoms with Gasteiger partial charge in [0.15, 0.2) is 0 Å². The zero-order valence-electron chi connectivity index (χ0n) is 17.0. The number of urea groups is 1. The summed E-state index contributed by atoms with van der Waals surface area (Å²) in [6.07, 6.45) is 2.46. The number of para-hydroxylation sites is 2. The zero-order chi connectivity index (χ0) is 21.3. The number of carbonyl (C=O) groups excluding carboxylic acids is 3. The highest BCUT2D eigenvalue weighted by molar-refractivity contribution is 6.39. The number of barbiturate groups is 1. The van der Waals surface area contributed by atoms with Gasteiger partial charge in [-0.15, -0.1) is 0 Å². The highest BCUT2D eigenvalue weighted by atomic mass is 16.5. The number of fused-ring (bicyclic) bond motifs is 1. The van der Waals surface area contributed by atoms with Crippen molar-refractivity contribution in [1.29, 1.82) is 0 Å². The molecule has 2 aromatic carbocycles. The topological polar surface area (TPSA) is 79.0 Å². The predicted octanol–water partition coefficient (Wildman–Crippen LogP) is 3.13. The van der Waals surface area contributed by atoms with Crippen LogP contribution in [0.1, 0.15) is 25.0 Å². The average molecular weight is 405 g/mol. The first-order valence-corrected chi connectivity index (χ1v) is 10.0. The van der Waals surface area contributed by atoms with E-state index in [9.17, 15) is 14.4 Å². The lowest BCUT2D eigenvalue weighted by atomic mass is 10.0. The second-order valence-electron chi connectivity index (χ2n) is 7.08. The third-order valence-corrected chi connectivity index (χ3v) is 5.30. The van der Waals surface area contributed by atoms with E-state index in [1.807, 2.05) is 25.1 Å². The molecule has 4 rings (SSSR count). The van der Waals surface area contributed by atoms with E-state index in [4.69, 9.17) is 4.74 Å². The largest absolute Gasteiger partial charge is 0.492 e. The molecule has 1 fully saturated rings. The molecule has 0 radical (unpaired) electrons. The molecule has 1 saturated heterocycles. The molecule has 1 N–H and O–H groups in total. The molecule has 0 unspecified atom stereocenters. The van der Waals surface area contributed by atoms with Crippen LogP contribution in [0.2, 0.25) is 0 Å². The van der Waals surface area contributed by atoms with E-state index < -0.39 is 17.8 Å². The van der Waals surface area contributed by atoms with Crippen molar-refractivity contribution in [3.05, 3.63) is 59.2 Å². The highest BCUT2D eigenvalue weighted by Crippen LogP contribution is 2.32. The Balaban J connectivity index is 1.70. The number of nitrogens with one attached hydrogen (secondary N) is 1. The summed E-state index contributed by atoms with van der Waals surface area (Å²) in [6.45, 7) is 6.21. The molecule has 0 bridgehead atoms. The number of rotatable bonds is 5. The third-order valence-electron chi connectivity index (χ3n) is 5.30. The summed E-state index contributed by atoms with van der Waals surface area (Å²) in [7, 11) is 0. The van der Waals surface area contributed by atoms with E-state index in [0.717, 1.165) is 30.0 Å². The van der Waals surface area contributed by atoms with E-state index >= 15 is 0 Å². The van der Waals surface area contributed by atoms with Crippen molar-refractivity contribution in [2.75, 3.05) is 29.5 Å². The first-order chi connectivity index (χ1) is 14.5. The Morgan fingerprint density at radius 1 is 1.07 bits per heavy atom. The van der Waals surface area contributed by atoms with Gasteiger partial charge in [0.1, 0.15) is 11.3 Å². The van der Waals surface area contributed by atoms with Crippen LogP contribution >= 0.6 is 0 Å². The van der Waals surface area contributed by atoms with E-state index in [2.05, 4.69) is 17.1 Å². The van der Waals surface area contributed by atoms with Crippen LogP contribution in [0.25, 0.3) is 6.08 Å². The normalized spacial score (nSPS) is 17.4. The molecule has 0 aromatic heterocycles. The van der Waals surface area contributed by atoms with Gasteiger partial charge in [0.25, 0.3) is 11.8 Å². The van der Waals surface area contributed by atoms with Gasteiger partial charge in [-0.05, 0) is 61.7 Å². The zero-order valence-corrected chi connectivity index (χ0v) is 17.0. The molecule has 7 heteroatoms. The van der Waals surface area contributed by atoms with E-state index in [0.29, 0.717) is 18.0 Å². The molecule has 0 atom stereocenters. The summed E-state index contributed by atoms with van der Waals surface area (Å²) in [6, 6.07) is 11.9. The molecule has 2 heterocycles. The molecular formula is C23H23N3O4. The van der Waals surface area contributed by atoms with Crippen LogP contribution in [0.4, 0.5) is 16.2 Å². The van der Waals surface area contributed by atoms with Gasteiger partial charge in [0, 0.05) is 18.8 Å². The molecule has 7 nitrogen and oxygen atoms in total. The number of likely N-dealkylation sites (N-methyl/N-ethyl adjacent to an activating group) is 1. The van der Waals surface area contributed by atoms with Crippen LogP contribution in [-0.4, -0.2) is 37.5 Å². The predicted molar refractivity (Wildman–Crippen MR) is 115 cm³/mol. The molecule has 2 aliphatic rings. The fourth-order valence-corrected chi connectivity index (χ4v) is 3.87. The summed E-state index contributed by atoms with van der Waals surface area (Å²) in [5.41, 5.74) is 3.32. The minimum absolute atomic E-state index is 0.0915. The lowest BCUT2D eigenvalue weighted by Gasteiger charge is -2.27. The fourth-order valence-electron chi connectivity index (χ4n) is 3.87. The van der Waals surface area contributed by atoms with E-state index in [1.165, 1.54) is 17.3 Å². The van der Waals surface area contributed by atoms with Gasteiger partial charge in [-0.2, -0.15) is 0 Å². The van der Waals surface area contributed by atoms with Gasteiger partial charge in [0.05, 0.1) is 12.3 Å². The monoisotopic (exact) mass is 405 g/mol. The van der Waals surface area contributed by atoms with Crippen LogP contribution in [0, 0.1) is 0 Å². The van der Waals surface area contributed by atoms with Gasteiger partial charge >= 0.3 is 6.03 Å². The molecule has 0 saturated carbocycles. The number of carbonyl (C=O) groups is 3. The van der Waals surface area contributed by atoms with Crippen molar-refractivity contribution in [2.24, 2.45) is 0 Å². The van der Waals surface area contributed by atoms with Crippen LogP contribution in [0.3, 0.4) is 0 Å². The van der Waals surface area contributed by atoms with E-state index in [-0.39, 0.29) is 5.57 Å². The summed E-state index contributed by atoms with van der Waals surface area (Å²) in [5, 5.41) is 2.26. The first kappa shape index (κ1) is 19.7. The number of ether oxygens (including phenoxy) is 1. The maximum atomic E-state index is 13.2. The Bertz CT molecular complexity index is 1060. The number of imide groups is 2. The Morgan fingerprint density at radius 3 is 2.63 bits per heavy atom. The van der Waals surface area contributed by atoms with E-state index in [1.54, 1.807) is 24.3 Å². The van der Waals surface area contributed by atoms with Crippen molar-refractivity contribution in [1.82, 2.24) is 5.32 Å². The first-order valence-electron chi connectivity index (χ1n) is 10.0. The lowest BCUT2D eigenvalue weighted by molar-refractivity contribution is -0.122. The molecular weight excluding hydrogens is 382 g/mol. The minimum atomic E-state index is -0.790. The summed E-state index contributed by atoms with van der Waals surface area (Å²) in [5.74, 6) is -0.980. The van der Waals surface area contributed by atoms with Crippen molar-refractivity contribution < 1.29 is 19.1 Å². The average Bonchev–Trinajstić information content (AvgIpc) is 3.15. The fraction of sp³-hybridized carbons (Fsp3) is 0.261. The highest BCUT2D eigenvalue weighted by Gasteiger charge is 2.38. The second-order valence-corrected chi connectivity index (χ2v) is 7.08. The van der Waals surface area contributed by atoms with Gasteiger partial charge in [-0.1, -0.05) is 18.2 Å². The molecule has 154 valence electrons. The molecule has 30 heavy (non-hydrogen) atoms. The lowest BCUT2D eigenvalue weighted by Crippen LogP contribution is -2.54. The number of amides is 4. The second kappa shape index (κ2) is 8.02. The number of anilines is 2. The van der Waals surface area contributed by atoms with Gasteiger partial charge in [0.2, 0.25) is 0 Å². The number of nitrogens with zero attached hydrogens (tertiary/aromatic N) is 2.